The van der Waals surface area contributed by atoms with Gasteiger partial charge >= 0.3 is 6.03 Å². The lowest BCUT2D eigenvalue weighted by Crippen LogP contribution is -2.55. The topological polar surface area (TPSA) is 52.8 Å². The third kappa shape index (κ3) is 3.85. The van der Waals surface area contributed by atoms with Crippen LogP contribution < -0.4 is 5.73 Å². The first-order valence-electron chi connectivity index (χ1n) is 8.24. The van der Waals surface area contributed by atoms with Crippen LogP contribution in [0.1, 0.15) is 39.0 Å². The van der Waals surface area contributed by atoms with Gasteiger partial charge in [-0.3, -0.25) is 4.90 Å². The molecule has 2 amide bonds. The van der Waals surface area contributed by atoms with Crippen molar-refractivity contribution in [3.8, 4) is 0 Å². The van der Waals surface area contributed by atoms with Gasteiger partial charge in [-0.05, 0) is 38.6 Å². The monoisotopic (exact) mass is 282 g/mol. The van der Waals surface area contributed by atoms with Gasteiger partial charge in [0.25, 0.3) is 0 Å². The summed E-state index contributed by atoms with van der Waals surface area (Å²) in [7, 11) is 0. The molecule has 0 bridgehead atoms. The Balaban J connectivity index is 1.79. The van der Waals surface area contributed by atoms with Crippen LogP contribution in [0.25, 0.3) is 0 Å². The van der Waals surface area contributed by atoms with Crippen molar-refractivity contribution in [2.24, 2.45) is 5.73 Å². The van der Waals surface area contributed by atoms with Gasteiger partial charge in [0.15, 0.2) is 0 Å². The lowest BCUT2D eigenvalue weighted by atomic mass is 10.1. The third-order valence-corrected chi connectivity index (χ3v) is 4.70. The second kappa shape index (κ2) is 7.84. The molecule has 0 aliphatic carbocycles. The standard InChI is InChI=1S/C15H30N4O/c1-2-14(6-7-16)17-10-12-19(13-11-17)15(20)18-8-4-3-5-9-18/h14H,2-13,16H2,1H3. The predicted molar refractivity (Wildman–Crippen MR) is 81.7 cm³/mol. The molecule has 2 aliphatic heterocycles. The summed E-state index contributed by atoms with van der Waals surface area (Å²) in [5, 5.41) is 0. The van der Waals surface area contributed by atoms with Gasteiger partial charge < -0.3 is 15.5 Å². The van der Waals surface area contributed by atoms with Crippen molar-refractivity contribution in [2.75, 3.05) is 45.8 Å². The van der Waals surface area contributed by atoms with Gasteiger partial charge in [0, 0.05) is 45.3 Å². The Morgan fingerprint density at radius 2 is 1.60 bits per heavy atom. The molecule has 0 spiro atoms. The molecule has 2 heterocycles. The molecule has 2 aliphatic rings. The van der Waals surface area contributed by atoms with E-state index in [-0.39, 0.29) is 6.03 Å². The molecule has 116 valence electrons. The first kappa shape index (κ1) is 15.6. The van der Waals surface area contributed by atoms with Crippen LogP contribution in [0.15, 0.2) is 0 Å². The number of urea groups is 1. The van der Waals surface area contributed by atoms with Crippen molar-refractivity contribution in [3.63, 3.8) is 0 Å². The minimum atomic E-state index is 0.260. The number of amides is 2. The van der Waals surface area contributed by atoms with Crippen LogP contribution in [0.5, 0.6) is 0 Å². The van der Waals surface area contributed by atoms with Crippen molar-refractivity contribution in [1.29, 1.82) is 0 Å². The van der Waals surface area contributed by atoms with Crippen LogP contribution in [0.2, 0.25) is 0 Å². The molecule has 0 radical (unpaired) electrons. The minimum Gasteiger partial charge on any atom is -0.330 e. The molecule has 5 heteroatoms. The number of carbonyl (C=O) groups excluding carboxylic acids is 1. The summed E-state index contributed by atoms with van der Waals surface area (Å²) in [4.78, 5) is 19.0. The Labute approximate surface area is 123 Å². The van der Waals surface area contributed by atoms with Gasteiger partial charge in [-0.1, -0.05) is 6.92 Å². The summed E-state index contributed by atoms with van der Waals surface area (Å²) in [5.74, 6) is 0. The van der Waals surface area contributed by atoms with E-state index >= 15 is 0 Å². The Morgan fingerprint density at radius 1 is 1.00 bits per heavy atom. The van der Waals surface area contributed by atoms with Gasteiger partial charge in [-0.25, -0.2) is 4.79 Å². The van der Waals surface area contributed by atoms with Gasteiger partial charge in [0.1, 0.15) is 0 Å². The molecule has 1 unspecified atom stereocenters. The van der Waals surface area contributed by atoms with Crippen molar-refractivity contribution < 1.29 is 4.79 Å². The van der Waals surface area contributed by atoms with E-state index in [4.69, 9.17) is 5.73 Å². The number of likely N-dealkylation sites (tertiary alicyclic amines) is 1. The minimum absolute atomic E-state index is 0.260. The molecule has 1 atom stereocenters. The quantitative estimate of drug-likeness (QED) is 0.846. The molecule has 0 aromatic carbocycles. The predicted octanol–water partition coefficient (Wildman–Crippen LogP) is 1.34. The number of carbonyl (C=O) groups is 1. The zero-order valence-electron chi connectivity index (χ0n) is 12.9. The summed E-state index contributed by atoms with van der Waals surface area (Å²) < 4.78 is 0. The van der Waals surface area contributed by atoms with E-state index in [2.05, 4.69) is 11.8 Å². The Hall–Kier alpha value is -0.810. The average molecular weight is 282 g/mol. The molecule has 5 nitrogen and oxygen atoms in total. The van der Waals surface area contributed by atoms with Gasteiger partial charge in [-0.15, -0.1) is 0 Å². The molecular formula is C15H30N4O. The smallest absolute Gasteiger partial charge is 0.320 e. The van der Waals surface area contributed by atoms with Crippen LogP contribution >= 0.6 is 0 Å². The summed E-state index contributed by atoms with van der Waals surface area (Å²) >= 11 is 0. The van der Waals surface area contributed by atoms with Crippen LogP contribution in [0.4, 0.5) is 4.79 Å². The van der Waals surface area contributed by atoms with Crippen LogP contribution in [-0.4, -0.2) is 72.6 Å². The molecule has 20 heavy (non-hydrogen) atoms. The highest BCUT2D eigenvalue weighted by Crippen LogP contribution is 2.15. The van der Waals surface area contributed by atoms with Crippen LogP contribution in [0, 0.1) is 0 Å². The second-order valence-electron chi connectivity index (χ2n) is 5.99. The summed E-state index contributed by atoms with van der Waals surface area (Å²) in [6.45, 7) is 8.62. The maximum atomic E-state index is 12.4. The third-order valence-electron chi connectivity index (χ3n) is 4.70. The molecule has 2 fully saturated rings. The van der Waals surface area contributed by atoms with E-state index in [1.165, 1.54) is 19.3 Å². The average Bonchev–Trinajstić information content (AvgIpc) is 2.53. The SMILES string of the molecule is CCC(CCN)N1CCN(C(=O)N2CCCCC2)CC1. The van der Waals surface area contributed by atoms with Crippen molar-refractivity contribution >= 4 is 6.03 Å². The Bertz CT molecular complexity index is 296. The second-order valence-corrected chi connectivity index (χ2v) is 5.99. The van der Waals surface area contributed by atoms with Crippen LogP contribution in [0.3, 0.4) is 0 Å². The number of hydrogen-bond acceptors (Lipinski definition) is 3. The number of piperazine rings is 1. The maximum Gasteiger partial charge on any atom is 0.320 e. The van der Waals surface area contributed by atoms with E-state index in [1.54, 1.807) is 0 Å². The molecule has 0 aromatic heterocycles. The van der Waals surface area contributed by atoms with Crippen molar-refractivity contribution in [1.82, 2.24) is 14.7 Å². The summed E-state index contributed by atoms with van der Waals surface area (Å²) in [6, 6.07) is 0.850. The first-order chi connectivity index (χ1) is 9.76. The molecular weight excluding hydrogens is 252 g/mol. The zero-order chi connectivity index (χ0) is 14.4. The Kier molecular flexibility index (Phi) is 6.10. The first-order valence-corrected chi connectivity index (χ1v) is 8.24. The number of nitrogens with zero attached hydrogens (tertiary/aromatic N) is 3. The molecule has 2 rings (SSSR count). The normalized spacial score (nSPS) is 22.9. The van der Waals surface area contributed by atoms with E-state index in [0.717, 1.165) is 58.7 Å². The highest BCUT2D eigenvalue weighted by molar-refractivity contribution is 5.74. The Morgan fingerprint density at radius 3 is 2.15 bits per heavy atom. The largest absolute Gasteiger partial charge is 0.330 e. The van der Waals surface area contributed by atoms with Gasteiger partial charge in [0.2, 0.25) is 0 Å². The van der Waals surface area contributed by atoms with E-state index < -0.39 is 0 Å². The summed E-state index contributed by atoms with van der Waals surface area (Å²) in [6.07, 6.45) is 5.82. The fourth-order valence-electron chi connectivity index (χ4n) is 3.40. The van der Waals surface area contributed by atoms with Gasteiger partial charge in [0.05, 0.1) is 0 Å². The fourth-order valence-corrected chi connectivity index (χ4v) is 3.40. The van der Waals surface area contributed by atoms with Crippen molar-refractivity contribution in [3.05, 3.63) is 0 Å². The summed E-state index contributed by atoms with van der Waals surface area (Å²) in [5.41, 5.74) is 5.69. The van der Waals surface area contributed by atoms with E-state index in [9.17, 15) is 4.79 Å². The van der Waals surface area contributed by atoms with E-state index in [1.807, 2.05) is 9.80 Å². The number of piperidine rings is 1. The lowest BCUT2D eigenvalue weighted by Gasteiger charge is -2.41. The van der Waals surface area contributed by atoms with Crippen molar-refractivity contribution in [2.45, 2.75) is 45.1 Å². The molecule has 0 saturated carbocycles. The molecule has 0 aromatic rings. The molecule has 2 N–H and O–H groups in total. The van der Waals surface area contributed by atoms with E-state index in [0.29, 0.717) is 6.04 Å². The highest BCUT2D eigenvalue weighted by Gasteiger charge is 2.28. The number of nitrogens with two attached hydrogens (primary N) is 1. The number of rotatable bonds is 4. The maximum absolute atomic E-state index is 12.4. The fraction of sp³-hybridized carbons (Fsp3) is 0.933. The van der Waals surface area contributed by atoms with Crippen LogP contribution in [-0.2, 0) is 0 Å². The van der Waals surface area contributed by atoms with Gasteiger partial charge in [-0.2, -0.15) is 0 Å². The lowest BCUT2D eigenvalue weighted by molar-refractivity contribution is 0.0840. The molecule has 2 saturated heterocycles. The zero-order valence-corrected chi connectivity index (χ0v) is 12.9. The number of hydrogen-bond donors (Lipinski definition) is 1. The highest BCUT2D eigenvalue weighted by atomic mass is 16.2.